The standard InChI is InChI=1S/C34H40FN5O/c35-31-14-11-29(12-15-31)24-39-17-19-40(20-18-39)25-30-13-16-33(37-23-30)34(41)38-32-6-2-5-27(21-32)4-1-3-26-7-9-28(22-36)10-8-26/h7-16,23,27,32H,1-6,17-21,24-25H2,(H,38,41). The number of aryl methyl sites for hydroxylation is 1. The maximum atomic E-state index is 13.2. The maximum Gasteiger partial charge on any atom is 0.270 e. The summed E-state index contributed by atoms with van der Waals surface area (Å²) >= 11 is 0. The Morgan fingerprint density at radius 3 is 2.22 bits per heavy atom. The molecule has 2 aromatic carbocycles. The molecular weight excluding hydrogens is 513 g/mol. The number of pyridine rings is 1. The van der Waals surface area contributed by atoms with Crippen LogP contribution in [0, 0.1) is 23.1 Å². The fourth-order valence-corrected chi connectivity index (χ4v) is 6.15. The summed E-state index contributed by atoms with van der Waals surface area (Å²) in [7, 11) is 0. The predicted octanol–water partition coefficient (Wildman–Crippen LogP) is 5.72. The highest BCUT2D eigenvalue weighted by Gasteiger charge is 2.24. The van der Waals surface area contributed by atoms with Crippen LogP contribution in [0.25, 0.3) is 0 Å². The number of nitrogens with zero attached hydrogens (tertiary/aromatic N) is 4. The SMILES string of the molecule is N#Cc1ccc(CCCC2CCCC(NC(=O)c3ccc(CN4CCN(Cc5ccc(F)cc5)CC4)cn3)C2)cc1. The quantitative estimate of drug-likeness (QED) is 0.348. The summed E-state index contributed by atoms with van der Waals surface area (Å²) in [6.45, 7) is 5.57. The number of benzene rings is 2. The molecule has 1 saturated heterocycles. The van der Waals surface area contributed by atoms with Gasteiger partial charge in [0.25, 0.3) is 5.91 Å². The van der Waals surface area contributed by atoms with Gasteiger partial charge in [0.05, 0.1) is 11.6 Å². The molecule has 2 heterocycles. The maximum absolute atomic E-state index is 13.2. The summed E-state index contributed by atoms with van der Waals surface area (Å²) in [5.74, 6) is 0.370. The molecule has 0 radical (unpaired) electrons. The van der Waals surface area contributed by atoms with Crippen molar-refractivity contribution in [3.63, 3.8) is 0 Å². The van der Waals surface area contributed by atoms with Gasteiger partial charge in [0.1, 0.15) is 11.5 Å². The number of amides is 1. The number of nitrogens with one attached hydrogen (secondary N) is 1. The molecular formula is C34H40FN5O. The Morgan fingerprint density at radius 2 is 1.56 bits per heavy atom. The topological polar surface area (TPSA) is 72.3 Å². The molecule has 1 aromatic heterocycles. The fourth-order valence-electron chi connectivity index (χ4n) is 6.15. The molecule has 1 aliphatic carbocycles. The van der Waals surface area contributed by atoms with E-state index in [0.717, 1.165) is 82.5 Å². The van der Waals surface area contributed by atoms with Crippen LogP contribution in [0.5, 0.6) is 0 Å². The average molecular weight is 554 g/mol. The first kappa shape index (κ1) is 28.9. The molecule has 2 unspecified atom stereocenters. The number of rotatable bonds is 10. The van der Waals surface area contributed by atoms with Crippen molar-refractivity contribution < 1.29 is 9.18 Å². The molecule has 214 valence electrons. The second kappa shape index (κ2) is 14.3. The first-order chi connectivity index (χ1) is 20.0. The molecule has 5 rings (SSSR count). The minimum absolute atomic E-state index is 0.0748. The highest BCUT2D eigenvalue weighted by Crippen LogP contribution is 2.28. The van der Waals surface area contributed by atoms with Crippen molar-refractivity contribution in [2.45, 2.75) is 64.1 Å². The van der Waals surface area contributed by atoms with Crippen molar-refractivity contribution in [2.24, 2.45) is 5.92 Å². The number of nitriles is 1. The summed E-state index contributed by atoms with van der Waals surface area (Å²) in [4.78, 5) is 22.3. The summed E-state index contributed by atoms with van der Waals surface area (Å²) in [5, 5.41) is 12.2. The van der Waals surface area contributed by atoms with E-state index in [0.29, 0.717) is 17.2 Å². The zero-order valence-electron chi connectivity index (χ0n) is 23.8. The molecule has 2 atom stereocenters. The molecule has 2 aliphatic rings. The van der Waals surface area contributed by atoms with E-state index < -0.39 is 0 Å². The molecule has 2 fully saturated rings. The number of carbonyl (C=O) groups is 1. The van der Waals surface area contributed by atoms with Crippen LogP contribution in [0.4, 0.5) is 4.39 Å². The van der Waals surface area contributed by atoms with E-state index in [-0.39, 0.29) is 17.8 Å². The average Bonchev–Trinajstić information content (AvgIpc) is 3.00. The first-order valence-electron chi connectivity index (χ1n) is 15.0. The van der Waals surface area contributed by atoms with Gasteiger partial charge in [-0.15, -0.1) is 0 Å². The summed E-state index contributed by atoms with van der Waals surface area (Å²) in [5.41, 5.74) is 4.73. The minimum Gasteiger partial charge on any atom is -0.348 e. The number of piperazine rings is 1. The number of aromatic nitrogens is 1. The molecule has 41 heavy (non-hydrogen) atoms. The molecule has 6 nitrogen and oxygen atoms in total. The number of hydrogen-bond acceptors (Lipinski definition) is 5. The smallest absolute Gasteiger partial charge is 0.270 e. The molecule has 0 bridgehead atoms. The van der Waals surface area contributed by atoms with Gasteiger partial charge >= 0.3 is 0 Å². The van der Waals surface area contributed by atoms with Crippen molar-refractivity contribution in [1.82, 2.24) is 20.1 Å². The Hall–Kier alpha value is -3.60. The third kappa shape index (κ3) is 8.69. The van der Waals surface area contributed by atoms with Gasteiger partial charge in [-0.1, -0.05) is 49.6 Å². The molecule has 7 heteroatoms. The van der Waals surface area contributed by atoms with E-state index in [1.807, 2.05) is 42.6 Å². The van der Waals surface area contributed by atoms with E-state index in [1.54, 1.807) is 0 Å². The lowest BCUT2D eigenvalue weighted by atomic mass is 9.82. The van der Waals surface area contributed by atoms with Crippen LogP contribution in [0.15, 0.2) is 66.9 Å². The number of carbonyl (C=O) groups excluding carboxylic acids is 1. The Labute approximate surface area is 243 Å². The molecule has 0 spiro atoms. The molecule has 1 amide bonds. The van der Waals surface area contributed by atoms with Gasteiger partial charge in [-0.25, -0.2) is 4.39 Å². The molecule has 1 aliphatic heterocycles. The van der Waals surface area contributed by atoms with Crippen LogP contribution in [0.2, 0.25) is 0 Å². The van der Waals surface area contributed by atoms with Crippen LogP contribution in [0.3, 0.4) is 0 Å². The number of halogens is 1. The largest absolute Gasteiger partial charge is 0.348 e. The zero-order valence-corrected chi connectivity index (χ0v) is 23.8. The van der Waals surface area contributed by atoms with Crippen LogP contribution in [0.1, 0.15) is 71.3 Å². The summed E-state index contributed by atoms with van der Waals surface area (Å²) in [6, 6.07) is 20.9. The lowest BCUT2D eigenvalue weighted by molar-refractivity contribution is 0.0913. The second-order valence-electron chi connectivity index (χ2n) is 11.6. The van der Waals surface area contributed by atoms with Crippen LogP contribution >= 0.6 is 0 Å². The van der Waals surface area contributed by atoms with Gasteiger partial charge in [-0.3, -0.25) is 19.6 Å². The van der Waals surface area contributed by atoms with E-state index in [9.17, 15) is 9.18 Å². The predicted molar refractivity (Wildman–Crippen MR) is 158 cm³/mol. The lowest BCUT2D eigenvalue weighted by Crippen LogP contribution is -2.45. The Bertz CT molecular complexity index is 1290. The van der Waals surface area contributed by atoms with Gasteiger partial charge in [-0.05, 0) is 78.6 Å². The Morgan fingerprint density at radius 1 is 0.902 bits per heavy atom. The van der Waals surface area contributed by atoms with Gasteiger partial charge in [0.2, 0.25) is 0 Å². The third-order valence-corrected chi connectivity index (χ3v) is 8.53. The normalized spacial score (nSPS) is 19.9. The fraction of sp³-hybridized carbons (Fsp3) is 0.441. The monoisotopic (exact) mass is 553 g/mol. The zero-order chi connectivity index (χ0) is 28.4. The third-order valence-electron chi connectivity index (χ3n) is 8.53. The first-order valence-corrected chi connectivity index (χ1v) is 15.0. The van der Waals surface area contributed by atoms with Gasteiger partial charge < -0.3 is 5.32 Å². The Kier molecular flexibility index (Phi) is 10.1. The molecule has 1 N–H and O–H groups in total. The van der Waals surface area contributed by atoms with Crippen molar-refractivity contribution in [3.8, 4) is 6.07 Å². The second-order valence-corrected chi connectivity index (χ2v) is 11.6. The molecule has 1 saturated carbocycles. The van der Waals surface area contributed by atoms with E-state index in [2.05, 4.69) is 38.3 Å². The van der Waals surface area contributed by atoms with Gasteiger partial charge in [-0.2, -0.15) is 5.26 Å². The highest BCUT2D eigenvalue weighted by atomic mass is 19.1. The number of hydrogen-bond donors (Lipinski definition) is 1. The van der Waals surface area contributed by atoms with Crippen molar-refractivity contribution >= 4 is 5.91 Å². The van der Waals surface area contributed by atoms with Gasteiger partial charge in [0.15, 0.2) is 0 Å². The van der Waals surface area contributed by atoms with Crippen molar-refractivity contribution in [1.29, 1.82) is 5.26 Å². The van der Waals surface area contributed by atoms with E-state index in [4.69, 9.17) is 5.26 Å². The van der Waals surface area contributed by atoms with Crippen LogP contribution in [-0.2, 0) is 19.5 Å². The van der Waals surface area contributed by atoms with Gasteiger partial charge in [0, 0.05) is 51.5 Å². The van der Waals surface area contributed by atoms with E-state index in [1.165, 1.54) is 30.5 Å². The van der Waals surface area contributed by atoms with Crippen LogP contribution in [-0.4, -0.2) is 52.9 Å². The Balaban J connectivity index is 1.01. The van der Waals surface area contributed by atoms with Crippen molar-refractivity contribution in [2.75, 3.05) is 26.2 Å². The highest BCUT2D eigenvalue weighted by molar-refractivity contribution is 5.92. The molecule has 3 aromatic rings. The minimum atomic E-state index is -0.193. The lowest BCUT2D eigenvalue weighted by Gasteiger charge is -2.34. The van der Waals surface area contributed by atoms with Crippen molar-refractivity contribution in [3.05, 3.63) is 101 Å². The van der Waals surface area contributed by atoms with Crippen LogP contribution < -0.4 is 5.32 Å². The summed E-state index contributed by atoms with van der Waals surface area (Å²) < 4.78 is 13.2. The van der Waals surface area contributed by atoms with E-state index >= 15 is 0 Å². The summed E-state index contributed by atoms with van der Waals surface area (Å²) in [6.07, 6.45) is 9.60.